The summed E-state index contributed by atoms with van der Waals surface area (Å²) in [5.41, 5.74) is 0.784. The van der Waals surface area contributed by atoms with Crippen molar-refractivity contribution in [2.45, 2.75) is 45.4 Å². The van der Waals surface area contributed by atoms with Crippen LogP contribution in [0, 0.1) is 5.92 Å². The number of aromatic nitrogens is 2. The molecular formula is C15H25N3O3. The van der Waals surface area contributed by atoms with Crippen molar-refractivity contribution in [1.29, 1.82) is 0 Å². The number of hydrogen-bond acceptors (Lipinski definition) is 4. The Morgan fingerprint density at radius 1 is 1.62 bits per heavy atom. The molecule has 0 aromatic carbocycles. The number of nitrogens with one attached hydrogen (secondary N) is 1. The lowest BCUT2D eigenvalue weighted by Gasteiger charge is -2.34. The number of methoxy groups -OCH3 is 1. The highest BCUT2D eigenvalue weighted by Crippen LogP contribution is 2.28. The molecule has 6 nitrogen and oxygen atoms in total. The van der Waals surface area contributed by atoms with E-state index in [0.29, 0.717) is 19.8 Å². The molecule has 118 valence electrons. The van der Waals surface area contributed by atoms with Crippen molar-refractivity contribution in [2.24, 2.45) is 5.92 Å². The number of rotatable bonds is 6. The molecule has 2 rings (SSSR count). The zero-order valence-corrected chi connectivity index (χ0v) is 13.1. The molecule has 1 amide bonds. The minimum atomic E-state index is -0.208. The third-order valence-electron chi connectivity index (χ3n) is 3.85. The number of ether oxygens (including phenoxy) is 2. The normalized spacial score (nSPS) is 21.2. The summed E-state index contributed by atoms with van der Waals surface area (Å²) in [6.45, 7) is 6.59. The Balaban J connectivity index is 1.85. The van der Waals surface area contributed by atoms with E-state index in [9.17, 15) is 4.79 Å². The third kappa shape index (κ3) is 4.54. The molecule has 1 aliphatic rings. The summed E-state index contributed by atoms with van der Waals surface area (Å²) in [5.74, 6) is 0.134. The van der Waals surface area contributed by atoms with Crippen LogP contribution in [0.1, 0.15) is 32.4 Å². The van der Waals surface area contributed by atoms with E-state index in [0.717, 1.165) is 25.1 Å². The van der Waals surface area contributed by atoms with Crippen molar-refractivity contribution < 1.29 is 14.3 Å². The van der Waals surface area contributed by atoms with E-state index < -0.39 is 0 Å². The fourth-order valence-electron chi connectivity index (χ4n) is 2.66. The molecule has 0 spiro atoms. The summed E-state index contributed by atoms with van der Waals surface area (Å²) < 4.78 is 12.7. The van der Waals surface area contributed by atoms with Crippen LogP contribution in [0.15, 0.2) is 12.5 Å². The quantitative estimate of drug-likeness (QED) is 0.860. The second-order valence-corrected chi connectivity index (χ2v) is 6.09. The minimum absolute atomic E-state index is 0.0316. The van der Waals surface area contributed by atoms with Crippen LogP contribution in [0.5, 0.6) is 0 Å². The molecule has 1 aliphatic heterocycles. The maximum atomic E-state index is 12.3. The molecule has 1 aromatic rings. The summed E-state index contributed by atoms with van der Waals surface area (Å²) in [6.07, 6.45) is 5.10. The standard InChI is InChI=1S/C15H25N3O3/c1-15(2)8-12(4-6-21-15)14(19)17-10-13-9-16-11-18(13)5-7-20-3/h9,11-12H,4-8,10H2,1-3H3,(H,17,19). The second kappa shape index (κ2) is 7.04. The lowest BCUT2D eigenvalue weighted by Crippen LogP contribution is -2.41. The van der Waals surface area contributed by atoms with Gasteiger partial charge in [-0.1, -0.05) is 0 Å². The van der Waals surface area contributed by atoms with E-state index in [1.807, 2.05) is 18.4 Å². The summed E-state index contributed by atoms with van der Waals surface area (Å²) in [4.78, 5) is 16.4. The number of carbonyl (C=O) groups is 1. The molecule has 1 fully saturated rings. The van der Waals surface area contributed by atoms with Gasteiger partial charge in [0.2, 0.25) is 5.91 Å². The number of imidazole rings is 1. The van der Waals surface area contributed by atoms with E-state index in [2.05, 4.69) is 10.3 Å². The Kier molecular flexibility index (Phi) is 5.36. The lowest BCUT2D eigenvalue weighted by molar-refractivity contribution is -0.135. The van der Waals surface area contributed by atoms with Crippen molar-refractivity contribution in [3.8, 4) is 0 Å². The van der Waals surface area contributed by atoms with Crippen LogP contribution in [0.25, 0.3) is 0 Å². The molecule has 0 bridgehead atoms. The second-order valence-electron chi connectivity index (χ2n) is 6.09. The fourth-order valence-corrected chi connectivity index (χ4v) is 2.66. The maximum absolute atomic E-state index is 12.3. The summed E-state index contributed by atoms with van der Waals surface area (Å²) in [5, 5.41) is 3.01. The van der Waals surface area contributed by atoms with Gasteiger partial charge in [-0.15, -0.1) is 0 Å². The zero-order chi connectivity index (χ0) is 15.3. The lowest BCUT2D eigenvalue weighted by atomic mass is 9.88. The van der Waals surface area contributed by atoms with Crippen LogP contribution in [-0.2, 0) is 27.4 Å². The van der Waals surface area contributed by atoms with Crippen molar-refractivity contribution in [1.82, 2.24) is 14.9 Å². The van der Waals surface area contributed by atoms with E-state index >= 15 is 0 Å². The van der Waals surface area contributed by atoms with Crippen LogP contribution in [0.4, 0.5) is 0 Å². The van der Waals surface area contributed by atoms with Gasteiger partial charge in [0, 0.05) is 32.4 Å². The van der Waals surface area contributed by atoms with Gasteiger partial charge >= 0.3 is 0 Å². The third-order valence-corrected chi connectivity index (χ3v) is 3.85. The van der Waals surface area contributed by atoms with Gasteiger partial charge in [-0.2, -0.15) is 0 Å². The number of amides is 1. The first-order valence-electron chi connectivity index (χ1n) is 7.41. The molecule has 1 saturated heterocycles. The molecule has 2 heterocycles. The predicted octanol–water partition coefficient (Wildman–Crippen LogP) is 1.35. The van der Waals surface area contributed by atoms with Crippen LogP contribution in [0.2, 0.25) is 0 Å². The van der Waals surface area contributed by atoms with Gasteiger partial charge in [-0.05, 0) is 26.7 Å². The Labute approximate surface area is 125 Å². The summed E-state index contributed by atoms with van der Waals surface area (Å²) in [7, 11) is 1.67. The van der Waals surface area contributed by atoms with Crippen LogP contribution in [-0.4, -0.2) is 41.4 Å². The van der Waals surface area contributed by atoms with E-state index in [1.54, 1.807) is 19.6 Å². The molecule has 6 heteroatoms. The van der Waals surface area contributed by atoms with Gasteiger partial charge in [0.25, 0.3) is 0 Å². The van der Waals surface area contributed by atoms with Crippen LogP contribution < -0.4 is 5.32 Å². The number of nitrogens with zero attached hydrogens (tertiary/aromatic N) is 2. The first-order chi connectivity index (χ1) is 10.0. The van der Waals surface area contributed by atoms with E-state index in [-0.39, 0.29) is 17.4 Å². The molecule has 0 saturated carbocycles. The highest BCUT2D eigenvalue weighted by atomic mass is 16.5. The molecule has 1 unspecified atom stereocenters. The number of hydrogen-bond donors (Lipinski definition) is 1. The molecular weight excluding hydrogens is 270 g/mol. The summed E-state index contributed by atoms with van der Waals surface area (Å²) >= 11 is 0. The van der Waals surface area contributed by atoms with Crippen LogP contribution in [0.3, 0.4) is 0 Å². The maximum Gasteiger partial charge on any atom is 0.223 e. The Bertz CT molecular complexity index is 470. The molecule has 1 atom stereocenters. The van der Waals surface area contributed by atoms with E-state index in [4.69, 9.17) is 9.47 Å². The van der Waals surface area contributed by atoms with Crippen molar-refractivity contribution in [3.63, 3.8) is 0 Å². The van der Waals surface area contributed by atoms with Gasteiger partial charge in [0.1, 0.15) is 0 Å². The van der Waals surface area contributed by atoms with E-state index in [1.165, 1.54) is 0 Å². The van der Waals surface area contributed by atoms with Gasteiger partial charge in [0.05, 0.1) is 30.8 Å². The molecule has 0 radical (unpaired) electrons. The van der Waals surface area contributed by atoms with Gasteiger partial charge in [0.15, 0.2) is 0 Å². The fraction of sp³-hybridized carbons (Fsp3) is 0.733. The molecule has 0 aliphatic carbocycles. The molecule has 21 heavy (non-hydrogen) atoms. The average Bonchev–Trinajstić information content (AvgIpc) is 2.88. The van der Waals surface area contributed by atoms with Gasteiger partial charge in [-0.3, -0.25) is 4.79 Å². The van der Waals surface area contributed by atoms with Crippen molar-refractivity contribution in [2.75, 3.05) is 20.3 Å². The molecule has 1 aromatic heterocycles. The minimum Gasteiger partial charge on any atom is -0.383 e. The largest absolute Gasteiger partial charge is 0.383 e. The van der Waals surface area contributed by atoms with Crippen molar-refractivity contribution in [3.05, 3.63) is 18.2 Å². The van der Waals surface area contributed by atoms with Crippen LogP contribution >= 0.6 is 0 Å². The smallest absolute Gasteiger partial charge is 0.223 e. The van der Waals surface area contributed by atoms with Gasteiger partial charge < -0.3 is 19.4 Å². The SMILES string of the molecule is COCCn1cncc1CNC(=O)C1CCOC(C)(C)C1. The highest BCUT2D eigenvalue weighted by molar-refractivity contribution is 5.78. The Hall–Kier alpha value is -1.40. The summed E-state index contributed by atoms with van der Waals surface area (Å²) in [6, 6.07) is 0. The zero-order valence-electron chi connectivity index (χ0n) is 13.1. The Morgan fingerprint density at radius 3 is 3.14 bits per heavy atom. The van der Waals surface area contributed by atoms with Crippen molar-refractivity contribution >= 4 is 5.91 Å². The first kappa shape index (κ1) is 16.0. The predicted molar refractivity (Wildman–Crippen MR) is 78.7 cm³/mol. The van der Waals surface area contributed by atoms with Gasteiger partial charge in [-0.25, -0.2) is 4.98 Å². The molecule has 1 N–H and O–H groups in total. The first-order valence-corrected chi connectivity index (χ1v) is 7.41. The highest BCUT2D eigenvalue weighted by Gasteiger charge is 2.32. The topological polar surface area (TPSA) is 65.4 Å². The monoisotopic (exact) mass is 295 g/mol. The Morgan fingerprint density at radius 2 is 2.43 bits per heavy atom. The number of carbonyl (C=O) groups excluding carboxylic acids is 1. The average molecular weight is 295 g/mol.